The molecule has 0 saturated heterocycles. The second-order valence-electron chi connectivity index (χ2n) is 12.0. The van der Waals surface area contributed by atoms with E-state index >= 15 is 0 Å². The van der Waals surface area contributed by atoms with Crippen LogP contribution in [0.15, 0.2) is 48.5 Å². The minimum Gasteiger partial charge on any atom is -0.508 e. The van der Waals surface area contributed by atoms with Gasteiger partial charge >= 0.3 is 6.09 Å². The number of phenolic OH excluding ortho intramolecular Hbond substituents is 2. The number of phenols is 2. The first-order chi connectivity index (χ1) is 19.8. The van der Waals surface area contributed by atoms with E-state index in [1.54, 1.807) is 51.1 Å². The van der Waals surface area contributed by atoms with Crippen molar-refractivity contribution in [3.63, 3.8) is 0 Å². The molecular weight excluding hydrogens is 534 g/mol. The molecule has 42 heavy (non-hydrogen) atoms. The molecular formula is C33H49N3O6. The Morgan fingerprint density at radius 2 is 1.50 bits per heavy atom. The van der Waals surface area contributed by atoms with Crippen LogP contribution >= 0.6 is 0 Å². The second kappa shape index (κ2) is 16.6. The van der Waals surface area contributed by atoms with Gasteiger partial charge in [0.15, 0.2) is 0 Å². The number of nitrogens with one attached hydrogen (secondary N) is 2. The third-order valence-corrected chi connectivity index (χ3v) is 6.62. The van der Waals surface area contributed by atoms with E-state index in [9.17, 15) is 24.6 Å². The Hall–Kier alpha value is -3.75. The predicted molar refractivity (Wildman–Crippen MR) is 164 cm³/mol. The van der Waals surface area contributed by atoms with Crippen molar-refractivity contribution in [2.75, 3.05) is 6.54 Å². The molecule has 4 N–H and O–H groups in total. The molecule has 0 aromatic heterocycles. The number of amides is 3. The van der Waals surface area contributed by atoms with Crippen molar-refractivity contribution in [3.05, 3.63) is 59.7 Å². The fourth-order valence-electron chi connectivity index (χ4n) is 4.68. The fourth-order valence-corrected chi connectivity index (χ4v) is 4.68. The summed E-state index contributed by atoms with van der Waals surface area (Å²) in [5.41, 5.74) is 0.215. The van der Waals surface area contributed by atoms with Crippen LogP contribution in [0.1, 0.15) is 97.2 Å². The van der Waals surface area contributed by atoms with Gasteiger partial charge in [-0.1, -0.05) is 69.4 Å². The minimum atomic E-state index is -1.13. The lowest BCUT2D eigenvalue weighted by Gasteiger charge is -2.35. The maximum atomic E-state index is 14.4. The Morgan fingerprint density at radius 1 is 0.881 bits per heavy atom. The van der Waals surface area contributed by atoms with Crippen LogP contribution in [0.5, 0.6) is 11.5 Å². The van der Waals surface area contributed by atoms with Crippen molar-refractivity contribution >= 4 is 17.9 Å². The highest BCUT2D eigenvalue weighted by Gasteiger charge is 2.37. The van der Waals surface area contributed by atoms with E-state index in [1.807, 2.05) is 13.8 Å². The molecule has 0 bridgehead atoms. The van der Waals surface area contributed by atoms with E-state index in [0.29, 0.717) is 17.5 Å². The number of hydrogen-bond acceptors (Lipinski definition) is 6. The smallest absolute Gasteiger partial charge is 0.408 e. The lowest BCUT2D eigenvalue weighted by atomic mass is 9.98. The first kappa shape index (κ1) is 34.5. The third kappa shape index (κ3) is 11.6. The van der Waals surface area contributed by atoms with Crippen LogP contribution in [0.25, 0.3) is 0 Å². The van der Waals surface area contributed by atoms with Crippen molar-refractivity contribution in [3.8, 4) is 11.5 Å². The van der Waals surface area contributed by atoms with Crippen LogP contribution in [-0.4, -0.2) is 57.3 Å². The largest absolute Gasteiger partial charge is 0.508 e. The molecule has 2 unspecified atom stereocenters. The summed E-state index contributed by atoms with van der Waals surface area (Å²) >= 11 is 0. The monoisotopic (exact) mass is 583 g/mol. The SMILES string of the molecule is CCCCCCCCN(C(=O)C(Cc1ccc(O)cc1)NC(=O)OC(C)(C)C)C(C(=O)NC(C)C)c1ccccc1O. The number of aromatic hydroxyl groups is 2. The number of carbonyl (C=O) groups is 3. The molecule has 0 radical (unpaired) electrons. The molecule has 3 amide bonds. The van der Waals surface area contributed by atoms with Crippen molar-refractivity contribution in [2.45, 2.75) is 110 Å². The topological polar surface area (TPSA) is 128 Å². The average Bonchev–Trinajstić information content (AvgIpc) is 2.89. The van der Waals surface area contributed by atoms with Crippen LogP contribution in [0.3, 0.4) is 0 Å². The van der Waals surface area contributed by atoms with Gasteiger partial charge in [-0.05, 0) is 64.8 Å². The first-order valence-electron chi connectivity index (χ1n) is 15.0. The summed E-state index contributed by atoms with van der Waals surface area (Å²) in [6, 6.07) is 10.5. The number of carbonyl (C=O) groups excluding carboxylic acids is 3. The molecule has 0 aliphatic heterocycles. The number of hydrogen-bond donors (Lipinski definition) is 4. The number of unbranched alkanes of at least 4 members (excludes halogenated alkanes) is 5. The molecule has 2 aromatic carbocycles. The maximum Gasteiger partial charge on any atom is 0.408 e. The summed E-state index contributed by atoms with van der Waals surface area (Å²) in [4.78, 5) is 42.5. The van der Waals surface area contributed by atoms with Gasteiger partial charge in [0.05, 0.1) is 0 Å². The van der Waals surface area contributed by atoms with Crippen molar-refractivity contribution in [2.24, 2.45) is 0 Å². The van der Waals surface area contributed by atoms with Gasteiger partial charge in [-0.15, -0.1) is 0 Å². The minimum absolute atomic E-state index is 0.0800. The van der Waals surface area contributed by atoms with E-state index in [-0.39, 0.29) is 30.5 Å². The Bertz CT molecular complexity index is 1140. The predicted octanol–water partition coefficient (Wildman–Crippen LogP) is 5.99. The quantitative estimate of drug-likeness (QED) is 0.191. The second-order valence-corrected chi connectivity index (χ2v) is 12.0. The number of ether oxygens (including phenoxy) is 1. The average molecular weight is 584 g/mol. The molecule has 232 valence electrons. The summed E-state index contributed by atoms with van der Waals surface area (Å²) in [7, 11) is 0. The van der Waals surface area contributed by atoms with Crippen molar-refractivity contribution < 1.29 is 29.3 Å². The molecule has 9 heteroatoms. The standard InChI is InChI=1S/C33H49N3O6/c1-7-8-9-10-11-14-21-36(29(30(39)34-23(2)3)26-15-12-13-16-28(26)38)31(40)27(35-32(41)42-33(4,5)6)22-24-17-19-25(37)20-18-24/h12-13,15-20,23,27,29,37-38H,7-11,14,21-22H2,1-6H3,(H,34,39)(H,35,41). The van der Waals surface area contributed by atoms with Crippen LogP contribution < -0.4 is 10.6 Å². The maximum absolute atomic E-state index is 14.4. The van der Waals surface area contributed by atoms with Gasteiger partial charge in [0.2, 0.25) is 11.8 Å². The molecule has 2 aromatic rings. The summed E-state index contributed by atoms with van der Waals surface area (Å²) in [5.74, 6) is -0.921. The van der Waals surface area contributed by atoms with E-state index in [2.05, 4.69) is 17.6 Å². The first-order valence-corrected chi connectivity index (χ1v) is 15.0. The highest BCUT2D eigenvalue weighted by Crippen LogP contribution is 2.30. The van der Waals surface area contributed by atoms with Crippen molar-refractivity contribution in [1.29, 1.82) is 0 Å². The van der Waals surface area contributed by atoms with Crippen LogP contribution in [0.2, 0.25) is 0 Å². The lowest BCUT2D eigenvalue weighted by molar-refractivity contribution is -0.142. The van der Waals surface area contributed by atoms with Gasteiger partial charge in [0.25, 0.3) is 0 Å². The summed E-state index contributed by atoms with van der Waals surface area (Å²) in [5, 5.41) is 26.2. The molecule has 2 atom stereocenters. The number of para-hydroxylation sites is 1. The molecule has 0 heterocycles. The Labute approximate surface area is 250 Å². The highest BCUT2D eigenvalue weighted by atomic mass is 16.6. The number of rotatable bonds is 15. The fraction of sp³-hybridized carbons (Fsp3) is 0.545. The molecule has 0 fully saturated rings. The van der Waals surface area contributed by atoms with Crippen molar-refractivity contribution in [1.82, 2.24) is 15.5 Å². The van der Waals surface area contributed by atoms with Crippen LogP contribution in [0.4, 0.5) is 4.79 Å². The lowest BCUT2D eigenvalue weighted by Crippen LogP contribution is -2.54. The zero-order chi connectivity index (χ0) is 31.3. The van der Waals surface area contributed by atoms with E-state index in [0.717, 1.165) is 32.1 Å². The van der Waals surface area contributed by atoms with Gasteiger partial charge in [0.1, 0.15) is 29.2 Å². The Morgan fingerprint density at radius 3 is 2.10 bits per heavy atom. The van der Waals surface area contributed by atoms with E-state index < -0.39 is 35.6 Å². The van der Waals surface area contributed by atoms with Gasteiger partial charge in [-0.3, -0.25) is 9.59 Å². The summed E-state index contributed by atoms with van der Waals surface area (Å²) < 4.78 is 5.48. The molecule has 0 spiro atoms. The Kier molecular flexibility index (Phi) is 13.6. The number of nitrogens with zero attached hydrogens (tertiary/aromatic N) is 1. The molecule has 2 rings (SSSR count). The van der Waals surface area contributed by atoms with Gasteiger partial charge in [0, 0.05) is 24.6 Å². The Balaban J connectivity index is 2.53. The van der Waals surface area contributed by atoms with Gasteiger partial charge in [-0.25, -0.2) is 4.79 Å². The molecule has 0 aliphatic carbocycles. The molecule has 9 nitrogen and oxygen atoms in total. The number of alkyl carbamates (subject to hydrolysis) is 1. The molecule has 0 aliphatic rings. The normalized spacial score (nSPS) is 12.8. The molecule has 0 saturated carbocycles. The van der Waals surface area contributed by atoms with E-state index in [4.69, 9.17) is 4.74 Å². The zero-order valence-electron chi connectivity index (χ0n) is 26.0. The third-order valence-electron chi connectivity index (χ3n) is 6.62. The highest BCUT2D eigenvalue weighted by molar-refractivity contribution is 5.92. The van der Waals surface area contributed by atoms with Gasteiger partial charge in [-0.2, -0.15) is 0 Å². The van der Waals surface area contributed by atoms with E-state index in [1.165, 1.54) is 23.1 Å². The zero-order valence-corrected chi connectivity index (χ0v) is 26.0. The van der Waals surface area contributed by atoms with Gasteiger partial charge < -0.3 is 30.5 Å². The van der Waals surface area contributed by atoms with Crippen LogP contribution in [-0.2, 0) is 20.7 Å². The summed E-state index contributed by atoms with van der Waals surface area (Å²) in [6.45, 7) is 11.3. The number of benzene rings is 2. The van der Waals surface area contributed by atoms with Crippen LogP contribution in [0, 0.1) is 0 Å². The summed E-state index contributed by atoms with van der Waals surface area (Å²) in [6.07, 6.45) is 5.19.